The molecule has 130 valence electrons. The molecule has 1 N–H and O–H groups in total. The smallest absolute Gasteiger partial charge is 0.393 e. The summed E-state index contributed by atoms with van der Waals surface area (Å²) in [4.78, 5) is 5.07. The highest BCUT2D eigenvalue weighted by molar-refractivity contribution is 5.26. The van der Waals surface area contributed by atoms with E-state index in [0.717, 1.165) is 25.7 Å². The van der Waals surface area contributed by atoms with E-state index < -0.39 is 12.0 Å². The minimum absolute atomic E-state index is 0.0865. The molecule has 1 saturated carbocycles. The van der Waals surface area contributed by atoms with E-state index in [1.807, 2.05) is 0 Å². The average molecular weight is 335 g/mol. The van der Waals surface area contributed by atoms with Crippen molar-refractivity contribution in [3.05, 3.63) is 5.82 Å². The summed E-state index contributed by atoms with van der Waals surface area (Å²) in [7, 11) is 0. The molecule has 1 aliphatic heterocycles. The number of alkyl halides is 3. The molecule has 0 atom stereocenters. The maximum absolute atomic E-state index is 12.5. The van der Waals surface area contributed by atoms with E-state index in [-0.39, 0.29) is 24.3 Å². The van der Waals surface area contributed by atoms with Crippen molar-refractivity contribution < 1.29 is 27.5 Å². The van der Waals surface area contributed by atoms with Crippen LogP contribution < -0.4 is 4.90 Å². The van der Waals surface area contributed by atoms with Gasteiger partial charge in [-0.05, 0) is 43.7 Å². The van der Waals surface area contributed by atoms with Crippen molar-refractivity contribution in [2.75, 3.05) is 18.0 Å². The molecule has 2 heterocycles. The predicted molar refractivity (Wildman–Crippen MR) is 73.9 cm³/mol. The lowest BCUT2D eigenvalue weighted by Gasteiger charge is -2.34. The van der Waals surface area contributed by atoms with Gasteiger partial charge in [0, 0.05) is 13.1 Å². The molecule has 2 fully saturated rings. The first-order valence-corrected chi connectivity index (χ1v) is 7.91. The van der Waals surface area contributed by atoms with Gasteiger partial charge in [0.2, 0.25) is 0 Å². The first kappa shape index (κ1) is 16.5. The van der Waals surface area contributed by atoms with Crippen LogP contribution >= 0.6 is 0 Å². The van der Waals surface area contributed by atoms with E-state index in [2.05, 4.69) is 10.1 Å². The molecule has 0 aromatic carbocycles. The molecule has 0 radical (unpaired) electrons. The molecule has 0 spiro atoms. The standard InChI is InChI=1S/C14H20F3N3O3/c15-14(16,17)12-18-13(23-19-12)20-7-5-11(6-8-20)22-10-3-1-9(21)2-4-10/h9-11,21H,1-8H2. The van der Waals surface area contributed by atoms with E-state index >= 15 is 0 Å². The van der Waals surface area contributed by atoms with E-state index in [1.54, 1.807) is 4.90 Å². The van der Waals surface area contributed by atoms with Crippen LogP contribution in [0.25, 0.3) is 0 Å². The number of aliphatic hydroxyl groups is 1. The number of halogens is 3. The van der Waals surface area contributed by atoms with Crippen molar-refractivity contribution >= 4 is 6.01 Å². The lowest BCUT2D eigenvalue weighted by molar-refractivity contribution is -0.146. The summed E-state index contributed by atoms with van der Waals surface area (Å²) < 4.78 is 48.2. The maximum atomic E-state index is 12.5. The molecule has 0 bridgehead atoms. The molecule has 1 aromatic rings. The monoisotopic (exact) mass is 335 g/mol. The van der Waals surface area contributed by atoms with Gasteiger partial charge in [0.05, 0.1) is 18.3 Å². The highest BCUT2D eigenvalue weighted by Crippen LogP contribution is 2.30. The van der Waals surface area contributed by atoms with Crippen LogP contribution in [0.3, 0.4) is 0 Å². The fraction of sp³-hybridized carbons (Fsp3) is 0.857. The number of aliphatic hydroxyl groups excluding tert-OH is 1. The molecular weight excluding hydrogens is 315 g/mol. The van der Waals surface area contributed by atoms with Crippen LogP contribution in [-0.2, 0) is 10.9 Å². The lowest BCUT2D eigenvalue weighted by atomic mass is 9.94. The van der Waals surface area contributed by atoms with Gasteiger partial charge in [-0.15, -0.1) is 0 Å². The summed E-state index contributed by atoms with van der Waals surface area (Å²) in [5.74, 6) is -1.24. The second kappa shape index (κ2) is 6.64. The molecule has 1 saturated heterocycles. The molecule has 2 aliphatic rings. The third kappa shape index (κ3) is 4.14. The van der Waals surface area contributed by atoms with Crippen LogP contribution in [-0.4, -0.2) is 46.6 Å². The van der Waals surface area contributed by atoms with Crippen LogP contribution in [0.4, 0.5) is 19.2 Å². The lowest BCUT2D eigenvalue weighted by Crippen LogP contribution is -2.39. The molecule has 6 nitrogen and oxygen atoms in total. The minimum Gasteiger partial charge on any atom is -0.393 e. The number of hydrogen-bond acceptors (Lipinski definition) is 6. The van der Waals surface area contributed by atoms with Crippen LogP contribution in [0.15, 0.2) is 4.52 Å². The Morgan fingerprint density at radius 1 is 1.04 bits per heavy atom. The molecule has 0 amide bonds. The molecule has 9 heteroatoms. The van der Waals surface area contributed by atoms with Gasteiger partial charge in [-0.25, -0.2) is 0 Å². The van der Waals surface area contributed by atoms with Crippen molar-refractivity contribution in [3.63, 3.8) is 0 Å². The topological polar surface area (TPSA) is 71.6 Å². The summed E-state index contributed by atoms with van der Waals surface area (Å²) >= 11 is 0. The van der Waals surface area contributed by atoms with Gasteiger partial charge in [0.1, 0.15) is 0 Å². The number of anilines is 1. The average Bonchev–Trinajstić information content (AvgIpc) is 3.00. The predicted octanol–water partition coefficient (Wildman–Crippen LogP) is 2.38. The van der Waals surface area contributed by atoms with Crippen LogP contribution in [0.2, 0.25) is 0 Å². The van der Waals surface area contributed by atoms with Gasteiger partial charge in [-0.2, -0.15) is 18.2 Å². The molecular formula is C14H20F3N3O3. The third-order valence-corrected chi connectivity index (χ3v) is 4.41. The largest absolute Gasteiger partial charge is 0.455 e. The van der Waals surface area contributed by atoms with Crippen molar-refractivity contribution in [1.82, 2.24) is 10.1 Å². The number of ether oxygens (including phenoxy) is 1. The molecule has 1 aromatic heterocycles. The number of piperidine rings is 1. The van der Waals surface area contributed by atoms with E-state index in [9.17, 15) is 18.3 Å². The van der Waals surface area contributed by atoms with Crippen LogP contribution in [0.5, 0.6) is 0 Å². The van der Waals surface area contributed by atoms with Crippen LogP contribution in [0, 0.1) is 0 Å². The summed E-state index contributed by atoms with van der Waals surface area (Å²) in [6, 6.07) is -0.0865. The highest BCUT2D eigenvalue weighted by atomic mass is 19.4. The summed E-state index contributed by atoms with van der Waals surface area (Å²) in [6.45, 7) is 1.05. The Hall–Kier alpha value is -1.35. The van der Waals surface area contributed by atoms with E-state index in [0.29, 0.717) is 25.9 Å². The Kier molecular flexibility index (Phi) is 4.77. The van der Waals surface area contributed by atoms with Crippen molar-refractivity contribution in [2.45, 2.75) is 63.0 Å². The van der Waals surface area contributed by atoms with E-state index in [1.165, 1.54) is 0 Å². The number of hydrogen-bond donors (Lipinski definition) is 1. The fourth-order valence-electron chi connectivity index (χ4n) is 3.10. The number of rotatable bonds is 3. The SMILES string of the molecule is OC1CCC(OC2CCN(c3nc(C(F)(F)F)no3)CC2)CC1. The quantitative estimate of drug-likeness (QED) is 0.914. The summed E-state index contributed by atoms with van der Waals surface area (Å²) in [5.41, 5.74) is 0. The highest BCUT2D eigenvalue weighted by Gasteiger charge is 2.38. The summed E-state index contributed by atoms with van der Waals surface area (Å²) in [5, 5.41) is 12.5. The first-order valence-electron chi connectivity index (χ1n) is 7.91. The summed E-state index contributed by atoms with van der Waals surface area (Å²) in [6.07, 6.45) is 0.154. The molecule has 0 unspecified atom stereocenters. The first-order chi connectivity index (χ1) is 10.9. The normalized spacial score (nSPS) is 27.4. The number of nitrogens with zero attached hydrogens (tertiary/aromatic N) is 3. The van der Waals surface area contributed by atoms with Gasteiger partial charge in [-0.1, -0.05) is 0 Å². The Labute approximate surface area is 131 Å². The van der Waals surface area contributed by atoms with Gasteiger partial charge in [-0.3, -0.25) is 0 Å². The Balaban J connectivity index is 1.47. The third-order valence-electron chi connectivity index (χ3n) is 4.41. The van der Waals surface area contributed by atoms with Crippen LogP contribution in [0.1, 0.15) is 44.3 Å². The zero-order valence-electron chi connectivity index (χ0n) is 12.6. The van der Waals surface area contributed by atoms with Crippen molar-refractivity contribution in [3.8, 4) is 0 Å². The zero-order valence-corrected chi connectivity index (χ0v) is 12.6. The molecule has 1 aliphatic carbocycles. The molecule has 3 rings (SSSR count). The van der Waals surface area contributed by atoms with Gasteiger partial charge < -0.3 is 19.3 Å². The van der Waals surface area contributed by atoms with Gasteiger partial charge in [0.25, 0.3) is 5.82 Å². The second-order valence-corrected chi connectivity index (χ2v) is 6.15. The second-order valence-electron chi connectivity index (χ2n) is 6.15. The Bertz CT molecular complexity index is 507. The van der Waals surface area contributed by atoms with Gasteiger partial charge >= 0.3 is 12.2 Å². The zero-order chi connectivity index (χ0) is 16.4. The molecule has 23 heavy (non-hydrogen) atoms. The maximum Gasteiger partial charge on any atom is 0.455 e. The fourth-order valence-corrected chi connectivity index (χ4v) is 3.10. The Morgan fingerprint density at radius 2 is 1.65 bits per heavy atom. The minimum atomic E-state index is -4.59. The van der Waals surface area contributed by atoms with Gasteiger partial charge in [0.15, 0.2) is 0 Å². The number of aromatic nitrogens is 2. The van der Waals surface area contributed by atoms with Crippen molar-refractivity contribution in [1.29, 1.82) is 0 Å². The van der Waals surface area contributed by atoms with Crippen molar-refractivity contribution in [2.24, 2.45) is 0 Å². The Morgan fingerprint density at radius 3 is 2.22 bits per heavy atom. The van der Waals surface area contributed by atoms with E-state index in [4.69, 9.17) is 9.26 Å².